The second-order valence-electron chi connectivity index (χ2n) is 3.42. The van der Waals surface area contributed by atoms with Gasteiger partial charge in [0.25, 0.3) is 5.91 Å². The van der Waals surface area contributed by atoms with Crippen molar-refractivity contribution in [3.05, 3.63) is 39.8 Å². The molecule has 0 aromatic heterocycles. The van der Waals surface area contributed by atoms with E-state index in [-0.39, 0.29) is 5.56 Å². The minimum absolute atomic E-state index is 0.278. The number of primary amides is 1. The van der Waals surface area contributed by atoms with Gasteiger partial charge in [-0.3, -0.25) is 4.79 Å². The Balaban J connectivity index is 3.31. The number of carbonyl (C=O) groups is 2. The Morgan fingerprint density at radius 2 is 2.06 bits per heavy atom. The fourth-order valence-corrected chi connectivity index (χ4v) is 1.54. The standard InChI is InChI=1S/C11H12N2O4/c1-6-7(9(13-16)10(12)14)4-3-5-8(6)11(15)17-2/h3-5,9H,1-2H3,(H2,12,14). The molecular formula is C11H12N2O4. The Labute approximate surface area is 97.7 Å². The summed E-state index contributed by atoms with van der Waals surface area (Å²) in [6, 6.07) is 3.31. The minimum Gasteiger partial charge on any atom is -0.465 e. The Kier molecular flexibility index (Phi) is 3.92. The molecule has 90 valence electrons. The molecule has 1 aromatic carbocycles. The molecule has 0 saturated carbocycles. The van der Waals surface area contributed by atoms with Gasteiger partial charge in [0.15, 0.2) is 6.04 Å². The number of carbonyl (C=O) groups excluding carboxylic acids is 2. The average molecular weight is 236 g/mol. The second-order valence-corrected chi connectivity index (χ2v) is 3.42. The molecule has 1 rings (SSSR count). The summed E-state index contributed by atoms with van der Waals surface area (Å²) in [6.45, 7) is 1.60. The van der Waals surface area contributed by atoms with Gasteiger partial charge in [-0.05, 0) is 24.1 Å². The van der Waals surface area contributed by atoms with E-state index in [9.17, 15) is 14.5 Å². The van der Waals surface area contributed by atoms with Crippen LogP contribution in [0.15, 0.2) is 23.4 Å². The third-order valence-corrected chi connectivity index (χ3v) is 2.45. The zero-order chi connectivity index (χ0) is 13.0. The monoisotopic (exact) mass is 236 g/mol. The summed E-state index contributed by atoms with van der Waals surface area (Å²) >= 11 is 0. The van der Waals surface area contributed by atoms with Crippen molar-refractivity contribution >= 4 is 11.9 Å². The van der Waals surface area contributed by atoms with Gasteiger partial charge in [-0.15, -0.1) is 4.91 Å². The Morgan fingerprint density at radius 1 is 1.41 bits per heavy atom. The fraction of sp³-hybridized carbons (Fsp3) is 0.273. The number of nitrogens with two attached hydrogens (primary N) is 1. The van der Waals surface area contributed by atoms with Crippen LogP contribution in [0.2, 0.25) is 0 Å². The van der Waals surface area contributed by atoms with Crippen LogP contribution in [0.5, 0.6) is 0 Å². The van der Waals surface area contributed by atoms with E-state index < -0.39 is 17.9 Å². The smallest absolute Gasteiger partial charge is 0.338 e. The molecule has 0 bridgehead atoms. The van der Waals surface area contributed by atoms with E-state index in [0.717, 1.165) is 0 Å². The molecule has 1 unspecified atom stereocenters. The zero-order valence-electron chi connectivity index (χ0n) is 9.47. The Hall–Kier alpha value is -2.24. The lowest BCUT2D eigenvalue weighted by atomic mass is 9.97. The molecule has 0 fully saturated rings. The lowest BCUT2D eigenvalue weighted by Crippen LogP contribution is -2.21. The predicted molar refractivity (Wildman–Crippen MR) is 60.2 cm³/mol. The highest BCUT2D eigenvalue weighted by Crippen LogP contribution is 2.23. The van der Waals surface area contributed by atoms with Gasteiger partial charge in [0.2, 0.25) is 0 Å². The van der Waals surface area contributed by atoms with E-state index in [2.05, 4.69) is 9.91 Å². The quantitative estimate of drug-likeness (QED) is 0.624. The van der Waals surface area contributed by atoms with Crippen LogP contribution in [0.3, 0.4) is 0 Å². The number of rotatable bonds is 4. The highest BCUT2D eigenvalue weighted by Gasteiger charge is 2.23. The second kappa shape index (κ2) is 5.20. The molecule has 0 saturated heterocycles. The Morgan fingerprint density at radius 3 is 2.53 bits per heavy atom. The molecule has 0 aliphatic rings. The van der Waals surface area contributed by atoms with Crippen LogP contribution < -0.4 is 5.73 Å². The van der Waals surface area contributed by atoms with Crippen LogP contribution in [-0.2, 0) is 9.53 Å². The number of amides is 1. The summed E-state index contributed by atoms with van der Waals surface area (Å²) in [7, 11) is 1.25. The highest BCUT2D eigenvalue weighted by atomic mass is 16.5. The highest BCUT2D eigenvalue weighted by molar-refractivity contribution is 5.92. The largest absolute Gasteiger partial charge is 0.465 e. The van der Waals surface area contributed by atoms with Gasteiger partial charge in [0.05, 0.1) is 12.7 Å². The SMILES string of the molecule is COC(=O)c1cccc(C(N=O)C(N)=O)c1C. The van der Waals surface area contributed by atoms with Crippen molar-refractivity contribution in [1.82, 2.24) is 0 Å². The molecular weight excluding hydrogens is 224 g/mol. The van der Waals surface area contributed by atoms with Crippen molar-refractivity contribution in [2.24, 2.45) is 10.9 Å². The molecule has 0 aliphatic heterocycles. The molecule has 0 aliphatic carbocycles. The molecule has 0 radical (unpaired) electrons. The molecule has 6 nitrogen and oxygen atoms in total. The van der Waals surface area contributed by atoms with Gasteiger partial charge in [0, 0.05) is 0 Å². The molecule has 6 heteroatoms. The van der Waals surface area contributed by atoms with E-state index in [1.54, 1.807) is 6.92 Å². The third-order valence-electron chi connectivity index (χ3n) is 2.45. The summed E-state index contributed by atoms with van der Waals surface area (Å²) in [4.78, 5) is 33.0. The Bertz CT molecular complexity index is 471. The van der Waals surface area contributed by atoms with E-state index in [0.29, 0.717) is 11.1 Å². The van der Waals surface area contributed by atoms with Crippen molar-refractivity contribution in [2.75, 3.05) is 7.11 Å². The van der Waals surface area contributed by atoms with E-state index in [4.69, 9.17) is 5.73 Å². The molecule has 0 heterocycles. The van der Waals surface area contributed by atoms with Crippen LogP contribution in [0.25, 0.3) is 0 Å². The first-order valence-electron chi connectivity index (χ1n) is 4.82. The first-order chi connectivity index (χ1) is 8.02. The van der Waals surface area contributed by atoms with Gasteiger partial charge >= 0.3 is 5.97 Å². The molecule has 1 amide bonds. The number of esters is 1. The normalized spacial score (nSPS) is 11.6. The van der Waals surface area contributed by atoms with Crippen molar-refractivity contribution in [1.29, 1.82) is 0 Å². The van der Waals surface area contributed by atoms with Crippen LogP contribution in [0.4, 0.5) is 0 Å². The number of hydrogen-bond donors (Lipinski definition) is 1. The van der Waals surface area contributed by atoms with Crippen molar-refractivity contribution in [3.63, 3.8) is 0 Å². The average Bonchev–Trinajstić information content (AvgIpc) is 2.31. The number of benzene rings is 1. The van der Waals surface area contributed by atoms with E-state index >= 15 is 0 Å². The third kappa shape index (κ3) is 2.47. The minimum atomic E-state index is -1.29. The number of nitrogens with zero attached hydrogens (tertiary/aromatic N) is 1. The summed E-state index contributed by atoms with van der Waals surface area (Å²) < 4.78 is 4.58. The topological polar surface area (TPSA) is 98.8 Å². The molecule has 2 N–H and O–H groups in total. The predicted octanol–water partition coefficient (Wildman–Crippen LogP) is 1.07. The maximum Gasteiger partial charge on any atom is 0.338 e. The van der Waals surface area contributed by atoms with Crippen LogP contribution >= 0.6 is 0 Å². The fourth-order valence-electron chi connectivity index (χ4n) is 1.54. The summed E-state index contributed by atoms with van der Waals surface area (Å²) in [5, 5.41) is 2.67. The zero-order valence-corrected chi connectivity index (χ0v) is 9.47. The first kappa shape index (κ1) is 12.8. The molecule has 1 aromatic rings. The van der Waals surface area contributed by atoms with Crippen molar-refractivity contribution in [3.8, 4) is 0 Å². The lowest BCUT2D eigenvalue weighted by Gasteiger charge is -2.11. The summed E-state index contributed by atoms with van der Waals surface area (Å²) in [5.41, 5.74) is 6.11. The van der Waals surface area contributed by atoms with Crippen LogP contribution in [-0.4, -0.2) is 19.0 Å². The maximum absolute atomic E-state index is 11.4. The van der Waals surface area contributed by atoms with Gasteiger partial charge in [-0.2, -0.15) is 0 Å². The summed E-state index contributed by atoms with van der Waals surface area (Å²) in [5.74, 6) is -1.40. The molecule has 17 heavy (non-hydrogen) atoms. The van der Waals surface area contributed by atoms with Crippen LogP contribution in [0, 0.1) is 11.8 Å². The van der Waals surface area contributed by atoms with Gasteiger partial charge in [-0.1, -0.05) is 17.3 Å². The first-order valence-corrected chi connectivity index (χ1v) is 4.82. The lowest BCUT2D eigenvalue weighted by molar-refractivity contribution is -0.119. The van der Waals surface area contributed by atoms with E-state index in [1.165, 1.54) is 25.3 Å². The maximum atomic E-state index is 11.4. The number of hydrogen-bond acceptors (Lipinski definition) is 5. The molecule has 0 spiro atoms. The summed E-state index contributed by atoms with van der Waals surface area (Å²) in [6.07, 6.45) is 0. The van der Waals surface area contributed by atoms with Crippen molar-refractivity contribution in [2.45, 2.75) is 13.0 Å². The number of nitroso groups, excluding NO2 is 1. The van der Waals surface area contributed by atoms with Gasteiger partial charge in [-0.25, -0.2) is 4.79 Å². The number of ether oxygens (including phenoxy) is 1. The molecule has 1 atom stereocenters. The van der Waals surface area contributed by atoms with E-state index in [1.807, 2.05) is 0 Å². The van der Waals surface area contributed by atoms with Gasteiger partial charge in [0.1, 0.15) is 0 Å². The van der Waals surface area contributed by atoms with Crippen molar-refractivity contribution < 1.29 is 14.3 Å². The van der Waals surface area contributed by atoms with Crippen LogP contribution in [0.1, 0.15) is 27.5 Å². The number of methoxy groups -OCH3 is 1. The van der Waals surface area contributed by atoms with Gasteiger partial charge < -0.3 is 10.5 Å².